The van der Waals surface area contributed by atoms with Crippen LogP contribution in [-0.4, -0.2) is 24.0 Å². The lowest BCUT2D eigenvalue weighted by Gasteiger charge is -2.12. The summed E-state index contributed by atoms with van der Waals surface area (Å²) in [5.74, 6) is 0.888. The number of rotatable bonds is 3. The minimum Gasteiger partial charge on any atom is -0.313 e. The fourth-order valence-electron chi connectivity index (χ4n) is 1.23. The quantitative estimate of drug-likeness (QED) is 0.677. The van der Waals surface area contributed by atoms with Gasteiger partial charge in [0, 0.05) is 13.0 Å². The summed E-state index contributed by atoms with van der Waals surface area (Å²) in [7, 11) is 0. The number of carbonyl (C=O) groups is 1. The fourth-order valence-corrected chi connectivity index (χ4v) is 1.84. The molecule has 0 atom stereocenters. The van der Waals surface area contributed by atoms with Crippen LogP contribution in [-0.2, 0) is 4.79 Å². The molecule has 0 amide bonds. The van der Waals surface area contributed by atoms with Crippen LogP contribution < -0.4 is 5.32 Å². The van der Waals surface area contributed by atoms with Crippen molar-refractivity contribution in [2.24, 2.45) is 0 Å². The van der Waals surface area contributed by atoms with E-state index in [1.807, 2.05) is 6.92 Å². The van der Waals surface area contributed by atoms with Crippen LogP contribution in [0.5, 0.6) is 0 Å². The van der Waals surface area contributed by atoms with Crippen LogP contribution in [0.2, 0.25) is 0 Å². The molecule has 0 bridgehead atoms. The van der Waals surface area contributed by atoms with Gasteiger partial charge in [-0.2, -0.15) is 0 Å². The highest BCUT2D eigenvalue weighted by Gasteiger charge is 2.07. The summed E-state index contributed by atoms with van der Waals surface area (Å²) < 4.78 is 0. The van der Waals surface area contributed by atoms with Gasteiger partial charge < -0.3 is 5.32 Å². The number of thioether (sulfide) groups is 1. The first-order chi connectivity index (χ1) is 5.83. The maximum Gasteiger partial charge on any atom is 0.193 e. The molecule has 1 heterocycles. The van der Waals surface area contributed by atoms with E-state index in [1.165, 1.54) is 17.3 Å². The van der Waals surface area contributed by atoms with Gasteiger partial charge in [-0.1, -0.05) is 30.3 Å². The standard InChI is InChI=1S/C9H15NOS/c1-2-12-9(11)6-8-4-3-5-10-7-8/h4,10H,2-3,5-7H2,1H3. The molecule has 0 aromatic heterocycles. The van der Waals surface area contributed by atoms with Crippen molar-refractivity contribution in [3.8, 4) is 0 Å². The summed E-state index contributed by atoms with van der Waals surface area (Å²) in [5, 5.41) is 3.55. The van der Waals surface area contributed by atoms with Crippen molar-refractivity contribution in [1.82, 2.24) is 5.32 Å². The SMILES string of the molecule is CCSC(=O)CC1=CCCNC1. The largest absolute Gasteiger partial charge is 0.313 e. The van der Waals surface area contributed by atoms with Gasteiger partial charge in [-0.15, -0.1) is 0 Å². The molecule has 0 aliphatic carbocycles. The van der Waals surface area contributed by atoms with E-state index in [0.717, 1.165) is 25.3 Å². The van der Waals surface area contributed by atoms with Crippen molar-refractivity contribution >= 4 is 16.9 Å². The third kappa shape index (κ3) is 3.41. The van der Waals surface area contributed by atoms with Gasteiger partial charge in [0.2, 0.25) is 0 Å². The molecule has 0 radical (unpaired) electrons. The smallest absolute Gasteiger partial charge is 0.193 e. The van der Waals surface area contributed by atoms with E-state index < -0.39 is 0 Å². The highest BCUT2D eigenvalue weighted by atomic mass is 32.2. The number of hydrogen-bond donors (Lipinski definition) is 1. The van der Waals surface area contributed by atoms with Gasteiger partial charge >= 0.3 is 0 Å². The monoisotopic (exact) mass is 185 g/mol. The Bertz CT molecular complexity index is 189. The minimum absolute atomic E-state index is 0.299. The van der Waals surface area contributed by atoms with Crippen molar-refractivity contribution in [2.75, 3.05) is 18.8 Å². The van der Waals surface area contributed by atoms with Crippen LogP contribution in [0, 0.1) is 0 Å². The molecule has 1 rings (SSSR count). The zero-order valence-corrected chi connectivity index (χ0v) is 8.25. The number of hydrogen-bond acceptors (Lipinski definition) is 3. The maximum atomic E-state index is 11.2. The Labute approximate surface area is 77.8 Å². The fraction of sp³-hybridized carbons (Fsp3) is 0.667. The lowest BCUT2D eigenvalue weighted by Crippen LogP contribution is -2.23. The third-order valence-electron chi connectivity index (χ3n) is 1.78. The van der Waals surface area contributed by atoms with E-state index in [2.05, 4.69) is 11.4 Å². The molecule has 0 saturated heterocycles. The van der Waals surface area contributed by atoms with E-state index in [4.69, 9.17) is 0 Å². The van der Waals surface area contributed by atoms with E-state index in [1.54, 1.807) is 0 Å². The van der Waals surface area contributed by atoms with Crippen LogP contribution in [0.4, 0.5) is 0 Å². The Morgan fingerprint density at radius 1 is 1.75 bits per heavy atom. The Hall–Kier alpha value is -0.280. The second-order valence-electron chi connectivity index (χ2n) is 2.81. The predicted octanol–water partition coefficient (Wildman–Crippen LogP) is 1.58. The summed E-state index contributed by atoms with van der Waals surface area (Å²) in [6.45, 7) is 3.96. The summed E-state index contributed by atoms with van der Waals surface area (Å²) in [5.41, 5.74) is 1.26. The maximum absolute atomic E-state index is 11.2. The second kappa shape index (κ2) is 5.38. The van der Waals surface area contributed by atoms with E-state index >= 15 is 0 Å². The minimum atomic E-state index is 0.299. The van der Waals surface area contributed by atoms with Gasteiger partial charge in [0.25, 0.3) is 0 Å². The highest BCUT2D eigenvalue weighted by Crippen LogP contribution is 2.12. The Kier molecular flexibility index (Phi) is 4.40. The molecule has 1 aliphatic heterocycles. The van der Waals surface area contributed by atoms with Crippen molar-refractivity contribution < 1.29 is 4.79 Å². The molecule has 0 spiro atoms. The average Bonchev–Trinajstić information content (AvgIpc) is 2.06. The van der Waals surface area contributed by atoms with Gasteiger partial charge in [0.1, 0.15) is 0 Å². The highest BCUT2D eigenvalue weighted by molar-refractivity contribution is 8.13. The zero-order valence-electron chi connectivity index (χ0n) is 7.43. The van der Waals surface area contributed by atoms with Crippen LogP contribution in [0.3, 0.4) is 0 Å². The van der Waals surface area contributed by atoms with E-state index in [0.29, 0.717) is 11.5 Å². The van der Waals surface area contributed by atoms with Crippen molar-refractivity contribution in [3.63, 3.8) is 0 Å². The molecule has 68 valence electrons. The molecule has 3 heteroatoms. The molecule has 2 nitrogen and oxygen atoms in total. The normalized spacial score (nSPS) is 17.2. The van der Waals surface area contributed by atoms with Gasteiger partial charge in [-0.25, -0.2) is 0 Å². The molecule has 1 N–H and O–H groups in total. The van der Waals surface area contributed by atoms with Gasteiger partial charge in [0.05, 0.1) is 0 Å². The topological polar surface area (TPSA) is 29.1 Å². The van der Waals surface area contributed by atoms with Gasteiger partial charge in [-0.05, 0) is 18.7 Å². The first kappa shape index (κ1) is 9.81. The molecule has 0 fully saturated rings. The molecular weight excluding hydrogens is 170 g/mol. The number of nitrogens with one attached hydrogen (secondary N) is 1. The third-order valence-corrected chi connectivity index (χ3v) is 2.54. The van der Waals surface area contributed by atoms with Crippen LogP contribution in [0.15, 0.2) is 11.6 Å². The van der Waals surface area contributed by atoms with Crippen LogP contribution in [0.25, 0.3) is 0 Å². The first-order valence-corrected chi connectivity index (χ1v) is 5.35. The molecule has 1 aliphatic rings. The zero-order chi connectivity index (χ0) is 8.81. The Balaban J connectivity index is 2.29. The van der Waals surface area contributed by atoms with Crippen LogP contribution in [0.1, 0.15) is 19.8 Å². The molecule has 12 heavy (non-hydrogen) atoms. The predicted molar refractivity (Wildman–Crippen MR) is 53.3 cm³/mol. The summed E-state index contributed by atoms with van der Waals surface area (Å²) in [6, 6.07) is 0. The first-order valence-electron chi connectivity index (χ1n) is 4.37. The Morgan fingerprint density at radius 2 is 2.58 bits per heavy atom. The average molecular weight is 185 g/mol. The molecule has 0 aromatic rings. The lowest BCUT2D eigenvalue weighted by molar-refractivity contribution is -0.110. The Morgan fingerprint density at radius 3 is 3.17 bits per heavy atom. The van der Waals surface area contributed by atoms with Gasteiger partial charge in [0.15, 0.2) is 5.12 Å². The summed E-state index contributed by atoms with van der Waals surface area (Å²) >= 11 is 1.42. The van der Waals surface area contributed by atoms with Crippen LogP contribution >= 0.6 is 11.8 Å². The van der Waals surface area contributed by atoms with E-state index in [9.17, 15) is 4.79 Å². The summed E-state index contributed by atoms with van der Waals surface area (Å²) in [4.78, 5) is 11.2. The number of carbonyl (C=O) groups excluding carboxylic acids is 1. The summed E-state index contributed by atoms with van der Waals surface area (Å²) in [6.07, 6.45) is 3.88. The molecule has 0 saturated carbocycles. The second-order valence-corrected chi connectivity index (χ2v) is 4.13. The lowest BCUT2D eigenvalue weighted by atomic mass is 10.1. The van der Waals surface area contributed by atoms with Crippen molar-refractivity contribution in [3.05, 3.63) is 11.6 Å². The van der Waals surface area contributed by atoms with Crippen molar-refractivity contribution in [2.45, 2.75) is 19.8 Å². The molecular formula is C9H15NOS. The van der Waals surface area contributed by atoms with E-state index in [-0.39, 0.29) is 0 Å². The van der Waals surface area contributed by atoms with Crippen molar-refractivity contribution in [1.29, 1.82) is 0 Å². The molecule has 0 aromatic carbocycles. The van der Waals surface area contributed by atoms with Gasteiger partial charge in [-0.3, -0.25) is 4.79 Å². The molecule has 0 unspecified atom stereocenters.